The lowest BCUT2D eigenvalue weighted by Crippen LogP contribution is -2.45. The smallest absolute Gasteiger partial charge is 0.0825 e. The van der Waals surface area contributed by atoms with E-state index in [1.807, 2.05) is 6.92 Å². The van der Waals surface area contributed by atoms with Crippen LogP contribution in [0.4, 0.5) is 0 Å². The Kier molecular flexibility index (Phi) is 4.15. The first kappa shape index (κ1) is 12.9. The van der Waals surface area contributed by atoms with Gasteiger partial charge in [0.25, 0.3) is 0 Å². The number of aliphatic hydroxyl groups is 3. The maximum absolute atomic E-state index is 10.0. The minimum absolute atomic E-state index is 0.213. The lowest BCUT2D eigenvalue weighted by Gasteiger charge is -2.44. The third-order valence-corrected chi connectivity index (χ3v) is 4.05. The van der Waals surface area contributed by atoms with Gasteiger partial charge in [0.05, 0.1) is 18.8 Å². The van der Waals surface area contributed by atoms with Gasteiger partial charge in [-0.05, 0) is 36.5 Å². The first-order chi connectivity index (χ1) is 6.90. The summed E-state index contributed by atoms with van der Waals surface area (Å²) < 4.78 is 0. The SMILES string of the molecule is CC(C)[C@@H]1CC[C@@](C)(C(O)CO)C[C@H]1O. The van der Waals surface area contributed by atoms with Gasteiger partial charge in [0.15, 0.2) is 0 Å². The van der Waals surface area contributed by atoms with Crippen molar-refractivity contribution in [3.63, 3.8) is 0 Å². The molecule has 0 aromatic carbocycles. The summed E-state index contributed by atoms with van der Waals surface area (Å²) in [5.41, 5.74) is -0.320. The summed E-state index contributed by atoms with van der Waals surface area (Å²) >= 11 is 0. The molecule has 90 valence electrons. The van der Waals surface area contributed by atoms with Crippen LogP contribution in [-0.4, -0.2) is 34.1 Å². The second kappa shape index (κ2) is 4.81. The summed E-state index contributed by atoms with van der Waals surface area (Å²) in [6.07, 6.45) is 1.36. The summed E-state index contributed by atoms with van der Waals surface area (Å²) in [6, 6.07) is 0. The maximum atomic E-state index is 10.0. The Morgan fingerprint density at radius 1 is 1.40 bits per heavy atom. The van der Waals surface area contributed by atoms with Gasteiger partial charge in [-0.1, -0.05) is 20.8 Å². The van der Waals surface area contributed by atoms with E-state index in [0.717, 1.165) is 12.8 Å². The van der Waals surface area contributed by atoms with Gasteiger partial charge in [0.2, 0.25) is 0 Å². The molecule has 1 unspecified atom stereocenters. The highest BCUT2D eigenvalue weighted by atomic mass is 16.3. The molecule has 3 nitrogen and oxygen atoms in total. The topological polar surface area (TPSA) is 60.7 Å². The molecule has 1 aliphatic carbocycles. The molecule has 0 radical (unpaired) electrons. The van der Waals surface area contributed by atoms with E-state index >= 15 is 0 Å². The summed E-state index contributed by atoms with van der Waals surface area (Å²) in [4.78, 5) is 0. The zero-order chi connectivity index (χ0) is 11.6. The van der Waals surface area contributed by atoms with E-state index in [4.69, 9.17) is 5.11 Å². The third kappa shape index (κ3) is 2.71. The molecular weight excluding hydrogens is 192 g/mol. The highest BCUT2D eigenvalue weighted by Crippen LogP contribution is 2.43. The minimum atomic E-state index is -0.708. The molecule has 0 aromatic heterocycles. The molecular formula is C12H24O3. The van der Waals surface area contributed by atoms with Gasteiger partial charge < -0.3 is 15.3 Å². The molecule has 3 heteroatoms. The minimum Gasteiger partial charge on any atom is -0.394 e. The summed E-state index contributed by atoms with van der Waals surface area (Å²) in [6.45, 7) is 5.99. The van der Waals surface area contributed by atoms with Gasteiger partial charge in [0.1, 0.15) is 0 Å². The normalized spacial score (nSPS) is 39.4. The van der Waals surface area contributed by atoms with Crippen LogP contribution in [0, 0.1) is 17.3 Å². The van der Waals surface area contributed by atoms with Crippen molar-refractivity contribution in [2.45, 2.75) is 52.2 Å². The monoisotopic (exact) mass is 216 g/mol. The Hall–Kier alpha value is -0.120. The quantitative estimate of drug-likeness (QED) is 0.663. The van der Waals surface area contributed by atoms with E-state index in [0.29, 0.717) is 18.3 Å². The van der Waals surface area contributed by atoms with Gasteiger partial charge in [0, 0.05) is 0 Å². The molecule has 0 heterocycles. The zero-order valence-electron chi connectivity index (χ0n) is 9.98. The Morgan fingerprint density at radius 3 is 2.40 bits per heavy atom. The average Bonchev–Trinajstić information content (AvgIpc) is 2.15. The fourth-order valence-electron chi connectivity index (χ4n) is 2.72. The molecule has 1 aliphatic rings. The average molecular weight is 216 g/mol. The Labute approximate surface area is 92.1 Å². The van der Waals surface area contributed by atoms with Crippen molar-refractivity contribution in [1.82, 2.24) is 0 Å². The predicted octanol–water partition coefficient (Wildman–Crippen LogP) is 1.16. The fourth-order valence-corrected chi connectivity index (χ4v) is 2.72. The zero-order valence-corrected chi connectivity index (χ0v) is 9.98. The van der Waals surface area contributed by atoms with Gasteiger partial charge in [-0.3, -0.25) is 0 Å². The van der Waals surface area contributed by atoms with Crippen molar-refractivity contribution in [2.75, 3.05) is 6.61 Å². The van der Waals surface area contributed by atoms with Crippen molar-refractivity contribution in [1.29, 1.82) is 0 Å². The van der Waals surface area contributed by atoms with Gasteiger partial charge in [-0.15, -0.1) is 0 Å². The largest absolute Gasteiger partial charge is 0.394 e. The maximum Gasteiger partial charge on any atom is 0.0825 e. The lowest BCUT2D eigenvalue weighted by molar-refractivity contribution is -0.0826. The van der Waals surface area contributed by atoms with Gasteiger partial charge in [-0.25, -0.2) is 0 Å². The summed E-state index contributed by atoms with van der Waals surface area (Å²) in [5.74, 6) is 0.819. The van der Waals surface area contributed by atoms with E-state index in [1.165, 1.54) is 0 Å². The van der Waals surface area contributed by atoms with Crippen LogP contribution in [0.2, 0.25) is 0 Å². The van der Waals surface area contributed by atoms with Gasteiger partial charge in [-0.2, -0.15) is 0 Å². The molecule has 0 bridgehead atoms. The van der Waals surface area contributed by atoms with Crippen LogP contribution in [0.15, 0.2) is 0 Å². The Balaban J connectivity index is 2.64. The molecule has 0 amide bonds. The molecule has 3 N–H and O–H groups in total. The molecule has 1 rings (SSSR count). The molecule has 0 spiro atoms. The highest BCUT2D eigenvalue weighted by molar-refractivity contribution is 4.92. The van der Waals surface area contributed by atoms with Crippen LogP contribution in [0.5, 0.6) is 0 Å². The van der Waals surface area contributed by atoms with Crippen molar-refractivity contribution in [3.05, 3.63) is 0 Å². The molecule has 0 aromatic rings. The van der Waals surface area contributed by atoms with Crippen LogP contribution >= 0.6 is 0 Å². The second-order valence-electron chi connectivity index (χ2n) is 5.57. The second-order valence-corrected chi connectivity index (χ2v) is 5.57. The molecule has 4 atom stereocenters. The Bertz CT molecular complexity index is 205. The molecule has 15 heavy (non-hydrogen) atoms. The van der Waals surface area contributed by atoms with Crippen LogP contribution in [0.3, 0.4) is 0 Å². The van der Waals surface area contributed by atoms with E-state index in [-0.39, 0.29) is 18.1 Å². The highest BCUT2D eigenvalue weighted by Gasteiger charge is 2.41. The summed E-state index contributed by atoms with van der Waals surface area (Å²) in [7, 11) is 0. The van der Waals surface area contributed by atoms with Crippen molar-refractivity contribution in [2.24, 2.45) is 17.3 Å². The number of rotatable bonds is 3. The van der Waals surface area contributed by atoms with E-state index in [2.05, 4.69) is 13.8 Å². The van der Waals surface area contributed by atoms with E-state index in [1.54, 1.807) is 0 Å². The van der Waals surface area contributed by atoms with Crippen LogP contribution in [0.25, 0.3) is 0 Å². The summed E-state index contributed by atoms with van der Waals surface area (Å²) in [5, 5.41) is 28.7. The lowest BCUT2D eigenvalue weighted by atomic mass is 9.65. The van der Waals surface area contributed by atoms with E-state index < -0.39 is 6.10 Å². The molecule has 0 saturated heterocycles. The van der Waals surface area contributed by atoms with Crippen LogP contribution in [-0.2, 0) is 0 Å². The van der Waals surface area contributed by atoms with E-state index in [9.17, 15) is 10.2 Å². The van der Waals surface area contributed by atoms with Crippen molar-refractivity contribution >= 4 is 0 Å². The number of hydrogen-bond acceptors (Lipinski definition) is 3. The van der Waals surface area contributed by atoms with Crippen molar-refractivity contribution in [3.8, 4) is 0 Å². The predicted molar refractivity (Wildman–Crippen MR) is 59.4 cm³/mol. The standard InChI is InChI=1S/C12H24O3/c1-8(2)9-4-5-12(3,6-10(9)14)11(15)7-13/h8-11,13-15H,4-7H2,1-3H3/t9-,10+,11?,12+/m0/s1. The van der Waals surface area contributed by atoms with Crippen LogP contribution < -0.4 is 0 Å². The number of hydrogen-bond donors (Lipinski definition) is 3. The van der Waals surface area contributed by atoms with Crippen molar-refractivity contribution < 1.29 is 15.3 Å². The third-order valence-electron chi connectivity index (χ3n) is 4.05. The van der Waals surface area contributed by atoms with Gasteiger partial charge >= 0.3 is 0 Å². The molecule has 0 aliphatic heterocycles. The Morgan fingerprint density at radius 2 is 2.00 bits per heavy atom. The first-order valence-electron chi connectivity index (χ1n) is 5.87. The fraction of sp³-hybridized carbons (Fsp3) is 1.00. The first-order valence-corrected chi connectivity index (χ1v) is 5.87. The number of aliphatic hydroxyl groups excluding tert-OH is 3. The molecule has 1 fully saturated rings. The van der Waals surface area contributed by atoms with Crippen LogP contribution in [0.1, 0.15) is 40.0 Å². The molecule has 1 saturated carbocycles.